The Labute approximate surface area is 132 Å². The summed E-state index contributed by atoms with van der Waals surface area (Å²) in [5.41, 5.74) is 6.54. The van der Waals surface area contributed by atoms with Crippen molar-refractivity contribution in [2.75, 3.05) is 5.73 Å². The summed E-state index contributed by atoms with van der Waals surface area (Å²) in [6, 6.07) is 17.1. The zero-order chi connectivity index (χ0) is 16.8. The lowest BCUT2D eigenvalue weighted by Crippen LogP contribution is -2.29. The van der Waals surface area contributed by atoms with Crippen molar-refractivity contribution in [3.05, 3.63) is 66.2 Å². The van der Waals surface area contributed by atoms with Gasteiger partial charge in [0.25, 0.3) is 5.82 Å². The molecule has 6 nitrogen and oxygen atoms in total. The summed E-state index contributed by atoms with van der Waals surface area (Å²) in [6.07, 6.45) is -1.52. The van der Waals surface area contributed by atoms with Gasteiger partial charge in [0, 0.05) is 11.5 Å². The Morgan fingerprint density at radius 1 is 1.04 bits per heavy atom. The zero-order valence-corrected chi connectivity index (χ0v) is 12.1. The number of carboxylic acid groups (broad SMARTS) is 1. The number of hydrogen-bond donors (Lipinski definition) is 3. The van der Waals surface area contributed by atoms with E-state index in [2.05, 4.69) is 4.98 Å². The first kappa shape index (κ1) is 16.3. The van der Waals surface area contributed by atoms with Gasteiger partial charge < -0.3 is 20.1 Å². The van der Waals surface area contributed by atoms with Gasteiger partial charge in [-0.05, 0) is 17.7 Å². The molecule has 2 aromatic carbocycles. The number of nitrogens with two attached hydrogens (primary N) is 1. The maximum Gasteiger partial charge on any atom is 0.270 e. The van der Waals surface area contributed by atoms with Crippen molar-refractivity contribution >= 4 is 22.7 Å². The summed E-state index contributed by atoms with van der Waals surface area (Å²) in [6.45, 7) is 0. The number of aliphatic hydroxyl groups excluding tert-OH is 1. The fourth-order valence-corrected chi connectivity index (χ4v) is 1.97. The van der Waals surface area contributed by atoms with Gasteiger partial charge in [-0.3, -0.25) is 5.73 Å². The summed E-state index contributed by atoms with van der Waals surface area (Å²) >= 11 is 0. The summed E-state index contributed by atoms with van der Waals surface area (Å²) in [7, 11) is 0. The first-order valence-electron chi connectivity index (χ1n) is 6.82. The third-order valence-corrected chi connectivity index (χ3v) is 3.13. The van der Waals surface area contributed by atoms with Crippen LogP contribution in [0, 0.1) is 0 Å². The van der Waals surface area contributed by atoms with Crippen LogP contribution in [0.1, 0.15) is 11.7 Å². The van der Waals surface area contributed by atoms with Gasteiger partial charge in [-0.25, -0.2) is 4.98 Å². The van der Waals surface area contributed by atoms with E-state index in [-0.39, 0.29) is 5.75 Å². The molecule has 0 aliphatic carbocycles. The largest absolute Gasteiger partial charge is 0.547 e. The number of rotatable bonds is 2. The normalized spacial score (nSPS) is 11.3. The average Bonchev–Trinajstić information content (AvgIpc) is 2.56. The van der Waals surface area contributed by atoms with Crippen LogP contribution in [0.4, 0.5) is 5.82 Å². The zero-order valence-electron chi connectivity index (χ0n) is 12.1. The predicted molar refractivity (Wildman–Crippen MR) is 83.0 cm³/mol. The molecule has 0 amide bonds. The molecule has 3 aromatic rings. The van der Waals surface area contributed by atoms with Crippen LogP contribution in [0.3, 0.4) is 0 Å². The molecule has 0 aliphatic heterocycles. The van der Waals surface area contributed by atoms with Crippen LogP contribution in [0.25, 0.3) is 10.9 Å². The van der Waals surface area contributed by atoms with Crippen molar-refractivity contribution in [3.63, 3.8) is 0 Å². The molecule has 1 heterocycles. The first-order valence-corrected chi connectivity index (χ1v) is 6.82. The number of benzene rings is 2. The highest BCUT2D eigenvalue weighted by Crippen LogP contribution is 2.19. The summed E-state index contributed by atoms with van der Waals surface area (Å²) in [4.78, 5) is 13.0. The van der Waals surface area contributed by atoms with Crippen molar-refractivity contribution in [2.24, 2.45) is 0 Å². The number of nitrogens with one attached hydrogen (secondary N) is 1. The second-order valence-corrected chi connectivity index (χ2v) is 4.79. The van der Waals surface area contributed by atoms with Crippen LogP contribution in [0.2, 0.25) is 0 Å². The van der Waals surface area contributed by atoms with Gasteiger partial charge >= 0.3 is 0 Å². The average molecular weight is 312 g/mol. The van der Waals surface area contributed by atoms with Crippen molar-refractivity contribution in [3.8, 4) is 5.75 Å². The molecule has 5 N–H and O–H groups in total. The standard InChI is InChI=1S/C9H8N2O.C8H8O3/c10-8-5-4-6-2-1-3-7(12)9(6)11-8;9-7(8(10)11)6-4-2-1-3-5-6/h1-5,12H,(H2,10,11);1-5,7,9H,(H,10,11). The quantitative estimate of drug-likeness (QED) is 0.633. The van der Waals surface area contributed by atoms with E-state index in [0.717, 1.165) is 5.39 Å². The van der Waals surface area contributed by atoms with Gasteiger partial charge in [0.05, 0.1) is 5.97 Å². The second kappa shape index (κ2) is 7.24. The molecule has 1 aromatic heterocycles. The van der Waals surface area contributed by atoms with Crippen molar-refractivity contribution in [1.29, 1.82) is 0 Å². The van der Waals surface area contributed by atoms with E-state index in [1.165, 1.54) is 12.1 Å². The van der Waals surface area contributed by atoms with Crippen LogP contribution < -0.4 is 15.8 Å². The number of phenols is 1. The number of nitrogen functional groups attached to an aromatic ring is 1. The van der Waals surface area contributed by atoms with E-state index >= 15 is 0 Å². The molecule has 0 bridgehead atoms. The van der Waals surface area contributed by atoms with Gasteiger partial charge in [-0.1, -0.05) is 42.5 Å². The lowest BCUT2D eigenvalue weighted by molar-refractivity contribution is -0.327. The molecular formula is C17H16N2O4. The molecule has 0 saturated heterocycles. The van der Waals surface area contributed by atoms with Gasteiger partial charge in [0.1, 0.15) is 6.10 Å². The maximum absolute atomic E-state index is 10.1. The first-order chi connectivity index (χ1) is 11.0. The Morgan fingerprint density at radius 2 is 1.74 bits per heavy atom. The lowest BCUT2D eigenvalue weighted by Gasteiger charge is -2.10. The molecule has 6 heteroatoms. The highest BCUT2D eigenvalue weighted by atomic mass is 16.4. The fraction of sp³-hybridized carbons (Fsp3) is 0.0588. The van der Waals surface area contributed by atoms with Crippen molar-refractivity contribution in [1.82, 2.24) is 0 Å². The molecule has 3 rings (SSSR count). The molecule has 0 spiro atoms. The van der Waals surface area contributed by atoms with E-state index in [0.29, 0.717) is 16.9 Å². The Bertz CT molecular complexity index is 806. The molecule has 1 atom stereocenters. The number of aromatic amines is 1. The third-order valence-electron chi connectivity index (χ3n) is 3.13. The molecule has 118 valence electrons. The van der Waals surface area contributed by atoms with Crippen molar-refractivity contribution < 1.29 is 25.1 Å². The topological polar surface area (TPSA) is 121 Å². The SMILES string of the molecule is Nc1ccc2cccc(O)c2[nH+]1.O=C([O-])C(O)c1ccccc1. The number of anilines is 1. The number of carbonyl (C=O) groups is 1. The smallest absolute Gasteiger partial charge is 0.270 e. The van der Waals surface area contributed by atoms with E-state index in [4.69, 9.17) is 10.8 Å². The van der Waals surface area contributed by atoms with Gasteiger partial charge in [0.15, 0.2) is 11.3 Å². The number of aliphatic hydroxyl groups is 1. The number of carbonyl (C=O) groups excluding carboxylic acids is 1. The van der Waals surface area contributed by atoms with Gasteiger partial charge in [0.2, 0.25) is 0 Å². The number of aromatic nitrogens is 1. The third kappa shape index (κ3) is 4.18. The molecule has 0 radical (unpaired) electrons. The highest BCUT2D eigenvalue weighted by Gasteiger charge is 2.05. The number of para-hydroxylation sites is 1. The minimum absolute atomic E-state index is 0.222. The Balaban J connectivity index is 0.000000168. The molecule has 1 unspecified atom stereocenters. The maximum atomic E-state index is 10.1. The van der Waals surface area contributed by atoms with Gasteiger partial charge in [-0.15, -0.1) is 0 Å². The molecule has 0 fully saturated rings. The second-order valence-electron chi connectivity index (χ2n) is 4.79. The Morgan fingerprint density at radius 3 is 2.39 bits per heavy atom. The monoisotopic (exact) mass is 312 g/mol. The highest BCUT2D eigenvalue weighted by molar-refractivity contribution is 5.81. The predicted octanol–water partition coefficient (Wildman–Crippen LogP) is 0.412. The molecule has 23 heavy (non-hydrogen) atoms. The minimum atomic E-state index is -1.52. The number of hydrogen-bond acceptors (Lipinski definition) is 5. The van der Waals surface area contributed by atoms with Crippen LogP contribution >= 0.6 is 0 Å². The molecule has 0 saturated carbocycles. The van der Waals surface area contributed by atoms with E-state index in [9.17, 15) is 15.0 Å². The van der Waals surface area contributed by atoms with Gasteiger partial charge in [-0.2, -0.15) is 0 Å². The molecular weight excluding hydrogens is 296 g/mol. The number of phenolic OH excluding ortho intramolecular Hbond substituents is 1. The van der Waals surface area contributed by atoms with E-state index in [1.807, 2.05) is 12.1 Å². The Kier molecular flexibility index (Phi) is 5.11. The number of pyridine rings is 1. The summed E-state index contributed by atoms with van der Waals surface area (Å²) in [5, 5.41) is 29.4. The Hall–Kier alpha value is -3.12. The van der Waals surface area contributed by atoms with E-state index in [1.54, 1.807) is 36.4 Å². The summed E-state index contributed by atoms with van der Waals surface area (Å²) in [5.74, 6) is -0.708. The number of carboxylic acids is 1. The molecule has 0 aliphatic rings. The fourth-order valence-electron chi connectivity index (χ4n) is 1.97. The van der Waals surface area contributed by atoms with Crippen LogP contribution in [-0.2, 0) is 4.79 Å². The van der Waals surface area contributed by atoms with Crippen LogP contribution in [0.5, 0.6) is 5.75 Å². The number of H-pyrrole nitrogens is 1. The van der Waals surface area contributed by atoms with E-state index < -0.39 is 12.1 Å². The lowest BCUT2D eigenvalue weighted by atomic mass is 10.1. The number of aromatic hydroxyl groups is 1. The number of fused-ring (bicyclic) bond motifs is 1. The van der Waals surface area contributed by atoms with Crippen molar-refractivity contribution in [2.45, 2.75) is 6.10 Å². The number of aliphatic carboxylic acids is 1. The van der Waals surface area contributed by atoms with Crippen LogP contribution in [-0.4, -0.2) is 16.2 Å². The van der Waals surface area contributed by atoms with Crippen LogP contribution in [0.15, 0.2) is 60.7 Å². The summed E-state index contributed by atoms with van der Waals surface area (Å²) < 4.78 is 0. The minimum Gasteiger partial charge on any atom is -0.547 e.